The van der Waals surface area contributed by atoms with Crippen LogP contribution in [0.1, 0.15) is 12.5 Å². The van der Waals surface area contributed by atoms with Crippen LogP contribution in [0.4, 0.5) is 5.13 Å². The molecular weight excluding hydrogens is 346 g/mol. The Morgan fingerprint density at radius 2 is 1.92 bits per heavy atom. The molecule has 0 unspecified atom stereocenters. The number of benzene rings is 2. The first kappa shape index (κ1) is 16.3. The maximum absolute atomic E-state index is 9.83. The van der Waals surface area contributed by atoms with Crippen molar-refractivity contribution in [1.29, 1.82) is 0 Å². The number of rotatable bonds is 4. The molecule has 1 aromatic heterocycles. The summed E-state index contributed by atoms with van der Waals surface area (Å²) in [6, 6.07) is 11.7. The van der Waals surface area contributed by atoms with Gasteiger partial charge in [-0.05, 0) is 37.3 Å². The van der Waals surface area contributed by atoms with Gasteiger partial charge in [-0.15, -0.1) is 11.3 Å². The van der Waals surface area contributed by atoms with E-state index in [1.807, 2.05) is 29.6 Å². The van der Waals surface area contributed by atoms with Crippen LogP contribution in [0, 0.1) is 0 Å². The van der Waals surface area contributed by atoms with E-state index in [0.717, 1.165) is 11.3 Å². The Hall–Kier alpha value is -2.57. The Balaban J connectivity index is 1.77. The predicted octanol–water partition coefficient (Wildman–Crippen LogP) is 4.71. The van der Waals surface area contributed by atoms with E-state index in [1.165, 1.54) is 29.5 Å². The molecule has 122 valence electrons. The zero-order valence-electron chi connectivity index (χ0n) is 12.7. The lowest BCUT2D eigenvalue weighted by Crippen LogP contribution is -2.00. The lowest BCUT2D eigenvalue weighted by molar-refractivity contribution is 0.459. The quantitative estimate of drug-likeness (QED) is 0.358. The van der Waals surface area contributed by atoms with E-state index in [2.05, 4.69) is 15.5 Å². The molecule has 1 heterocycles. The lowest BCUT2D eigenvalue weighted by atomic mass is 10.1. The third-order valence-corrected chi connectivity index (χ3v) is 4.33. The molecule has 0 atom stereocenters. The SMILES string of the molecule is C/C(=N\Nc1nc(-c2ccc(Cl)cc2)cs1)c1cc(O)ccc1O. The largest absolute Gasteiger partial charge is 0.508 e. The fraction of sp³-hybridized carbons (Fsp3) is 0.0588. The van der Waals surface area contributed by atoms with Crippen LogP contribution >= 0.6 is 22.9 Å². The highest BCUT2D eigenvalue weighted by molar-refractivity contribution is 7.14. The van der Waals surface area contributed by atoms with Gasteiger partial charge in [0.15, 0.2) is 0 Å². The highest BCUT2D eigenvalue weighted by Gasteiger charge is 2.07. The molecule has 0 fully saturated rings. The van der Waals surface area contributed by atoms with E-state index >= 15 is 0 Å². The van der Waals surface area contributed by atoms with Crippen LogP contribution in [-0.2, 0) is 0 Å². The highest BCUT2D eigenvalue weighted by Crippen LogP contribution is 2.27. The number of hydrazone groups is 1. The summed E-state index contributed by atoms with van der Waals surface area (Å²) in [4.78, 5) is 4.46. The van der Waals surface area contributed by atoms with E-state index in [4.69, 9.17) is 11.6 Å². The second-order valence-corrected chi connectivity index (χ2v) is 6.35. The molecule has 5 nitrogen and oxygen atoms in total. The third-order valence-electron chi connectivity index (χ3n) is 3.33. The first-order valence-electron chi connectivity index (χ1n) is 7.07. The molecule has 3 rings (SSSR count). The van der Waals surface area contributed by atoms with Crippen LogP contribution in [0.3, 0.4) is 0 Å². The molecule has 7 heteroatoms. The maximum atomic E-state index is 9.83. The number of aromatic nitrogens is 1. The molecular formula is C17H14ClN3O2S. The Bertz CT molecular complexity index is 891. The molecule has 0 aliphatic heterocycles. The van der Waals surface area contributed by atoms with Crippen molar-refractivity contribution < 1.29 is 10.2 Å². The Morgan fingerprint density at radius 1 is 1.17 bits per heavy atom. The normalized spacial score (nSPS) is 11.5. The van der Waals surface area contributed by atoms with Crippen LogP contribution in [0.15, 0.2) is 52.9 Å². The van der Waals surface area contributed by atoms with Crippen molar-refractivity contribution in [3.63, 3.8) is 0 Å². The Labute approximate surface area is 147 Å². The number of nitrogens with one attached hydrogen (secondary N) is 1. The van der Waals surface area contributed by atoms with Gasteiger partial charge in [0.1, 0.15) is 11.5 Å². The van der Waals surface area contributed by atoms with Crippen molar-refractivity contribution in [3.05, 3.63) is 58.4 Å². The number of phenolic OH excluding ortho intramolecular Hbond substituents is 2. The summed E-state index contributed by atoms with van der Waals surface area (Å²) in [5.41, 5.74) is 5.65. The molecule has 0 radical (unpaired) electrons. The second-order valence-electron chi connectivity index (χ2n) is 5.06. The standard InChI is InChI=1S/C17H14ClN3O2S/c1-10(14-8-13(22)6-7-16(14)23)20-21-17-19-15(9-24-17)11-2-4-12(18)5-3-11/h2-9,22-23H,1H3,(H,19,21)/b20-10+. The minimum atomic E-state index is 0.0526. The summed E-state index contributed by atoms with van der Waals surface area (Å²) >= 11 is 7.30. The number of thiazole rings is 1. The Kier molecular flexibility index (Phi) is 4.69. The molecule has 0 spiro atoms. The average molecular weight is 360 g/mol. The van der Waals surface area contributed by atoms with E-state index in [1.54, 1.807) is 6.92 Å². The van der Waals surface area contributed by atoms with Gasteiger partial charge in [-0.3, -0.25) is 5.43 Å². The van der Waals surface area contributed by atoms with E-state index in [-0.39, 0.29) is 11.5 Å². The van der Waals surface area contributed by atoms with Gasteiger partial charge in [-0.25, -0.2) is 4.98 Å². The Morgan fingerprint density at radius 3 is 2.67 bits per heavy atom. The van der Waals surface area contributed by atoms with Gasteiger partial charge >= 0.3 is 0 Å². The van der Waals surface area contributed by atoms with Gasteiger partial charge < -0.3 is 10.2 Å². The molecule has 24 heavy (non-hydrogen) atoms. The van der Waals surface area contributed by atoms with Crippen molar-refractivity contribution in [3.8, 4) is 22.8 Å². The average Bonchev–Trinajstić information content (AvgIpc) is 3.04. The summed E-state index contributed by atoms with van der Waals surface area (Å²) in [7, 11) is 0. The van der Waals surface area contributed by atoms with Gasteiger partial charge in [0.05, 0.1) is 11.4 Å². The highest BCUT2D eigenvalue weighted by atomic mass is 35.5. The number of hydrogen-bond acceptors (Lipinski definition) is 6. The van der Waals surface area contributed by atoms with Gasteiger partial charge in [0.25, 0.3) is 0 Å². The lowest BCUT2D eigenvalue weighted by Gasteiger charge is -2.04. The molecule has 0 aliphatic carbocycles. The van der Waals surface area contributed by atoms with Gasteiger partial charge in [0.2, 0.25) is 5.13 Å². The van der Waals surface area contributed by atoms with Crippen molar-refractivity contribution in [2.75, 3.05) is 5.43 Å². The second kappa shape index (κ2) is 6.90. The number of anilines is 1. The maximum Gasteiger partial charge on any atom is 0.203 e. The summed E-state index contributed by atoms with van der Waals surface area (Å²) in [5.74, 6) is 0.119. The van der Waals surface area contributed by atoms with Crippen LogP contribution in [0.5, 0.6) is 11.5 Å². The minimum Gasteiger partial charge on any atom is -0.508 e. The van der Waals surface area contributed by atoms with Crippen LogP contribution in [-0.4, -0.2) is 20.9 Å². The van der Waals surface area contributed by atoms with Crippen LogP contribution in [0.25, 0.3) is 11.3 Å². The van der Waals surface area contributed by atoms with Crippen molar-refractivity contribution >= 4 is 33.8 Å². The first-order chi connectivity index (χ1) is 11.5. The zero-order valence-corrected chi connectivity index (χ0v) is 14.3. The van der Waals surface area contributed by atoms with E-state index < -0.39 is 0 Å². The number of hydrogen-bond donors (Lipinski definition) is 3. The summed E-state index contributed by atoms with van der Waals surface area (Å²) in [6.07, 6.45) is 0. The molecule has 3 aromatic rings. The predicted molar refractivity (Wildman–Crippen MR) is 98.2 cm³/mol. The number of halogens is 1. The van der Waals surface area contributed by atoms with E-state index in [0.29, 0.717) is 21.4 Å². The summed E-state index contributed by atoms with van der Waals surface area (Å²) in [6.45, 7) is 1.73. The van der Waals surface area contributed by atoms with Gasteiger partial charge in [-0.1, -0.05) is 23.7 Å². The van der Waals surface area contributed by atoms with E-state index in [9.17, 15) is 10.2 Å². The topological polar surface area (TPSA) is 77.7 Å². The van der Waals surface area contributed by atoms with Crippen molar-refractivity contribution in [2.24, 2.45) is 5.10 Å². The fourth-order valence-electron chi connectivity index (χ4n) is 2.08. The molecule has 0 saturated heterocycles. The molecule has 0 amide bonds. The minimum absolute atomic E-state index is 0.0526. The zero-order chi connectivity index (χ0) is 17.1. The van der Waals surface area contributed by atoms with Crippen LogP contribution < -0.4 is 5.43 Å². The molecule has 2 aromatic carbocycles. The van der Waals surface area contributed by atoms with Crippen molar-refractivity contribution in [2.45, 2.75) is 6.92 Å². The third kappa shape index (κ3) is 3.67. The molecule has 0 saturated carbocycles. The first-order valence-corrected chi connectivity index (χ1v) is 8.33. The molecule has 0 bridgehead atoms. The molecule has 0 aliphatic rings. The number of aromatic hydroxyl groups is 2. The molecule has 3 N–H and O–H groups in total. The monoisotopic (exact) mass is 359 g/mol. The summed E-state index contributed by atoms with van der Waals surface area (Å²) in [5, 5.41) is 26.8. The summed E-state index contributed by atoms with van der Waals surface area (Å²) < 4.78 is 0. The smallest absolute Gasteiger partial charge is 0.203 e. The van der Waals surface area contributed by atoms with Gasteiger partial charge in [-0.2, -0.15) is 5.10 Å². The van der Waals surface area contributed by atoms with Crippen molar-refractivity contribution in [1.82, 2.24) is 4.98 Å². The van der Waals surface area contributed by atoms with Gasteiger partial charge in [0, 0.05) is 21.5 Å². The number of nitrogens with zero attached hydrogens (tertiary/aromatic N) is 2. The van der Waals surface area contributed by atoms with Crippen LogP contribution in [0.2, 0.25) is 5.02 Å². The number of phenols is 2. The fourth-order valence-corrected chi connectivity index (χ4v) is 2.87.